The molecule has 10 heteroatoms. The molecular formula is C20H20FN5O4. The summed E-state index contributed by atoms with van der Waals surface area (Å²) in [4.78, 5) is 22.0. The highest BCUT2D eigenvalue weighted by Gasteiger charge is 2.39. The molecule has 156 valence electrons. The Bertz CT molecular complexity index is 1320. The van der Waals surface area contributed by atoms with E-state index in [1.807, 2.05) is 0 Å². The molecule has 1 atom stereocenters. The van der Waals surface area contributed by atoms with Crippen molar-refractivity contribution in [2.75, 3.05) is 6.61 Å². The largest absolute Gasteiger partial charge is 0.394 e. The first kappa shape index (κ1) is 18.9. The minimum atomic E-state index is -1.16. The summed E-state index contributed by atoms with van der Waals surface area (Å²) in [6, 6.07) is 3.81. The van der Waals surface area contributed by atoms with Crippen molar-refractivity contribution in [1.82, 2.24) is 24.1 Å². The molecule has 1 aromatic carbocycles. The number of fused-ring (bicyclic) bond motifs is 3. The highest BCUT2D eigenvalue weighted by molar-refractivity contribution is 5.84. The van der Waals surface area contributed by atoms with E-state index in [-0.39, 0.29) is 35.0 Å². The first-order chi connectivity index (χ1) is 14.4. The Morgan fingerprint density at radius 2 is 2.07 bits per heavy atom. The molecule has 0 spiro atoms. The third-order valence-corrected chi connectivity index (χ3v) is 5.83. The third-order valence-electron chi connectivity index (χ3n) is 5.83. The number of aliphatic hydroxyl groups is 2. The summed E-state index contributed by atoms with van der Waals surface area (Å²) < 4.78 is 22.7. The van der Waals surface area contributed by atoms with Crippen LogP contribution in [0.2, 0.25) is 0 Å². The van der Waals surface area contributed by atoms with Crippen LogP contribution in [-0.2, 0) is 5.60 Å². The number of hydrogen-bond acceptors (Lipinski definition) is 7. The van der Waals surface area contributed by atoms with Crippen LogP contribution in [0.5, 0.6) is 0 Å². The van der Waals surface area contributed by atoms with Gasteiger partial charge in [-0.25, -0.2) is 9.37 Å². The van der Waals surface area contributed by atoms with E-state index in [1.165, 1.54) is 27.4 Å². The number of aliphatic hydroxyl groups excluding tert-OH is 1. The van der Waals surface area contributed by atoms with E-state index in [2.05, 4.69) is 15.1 Å². The van der Waals surface area contributed by atoms with Gasteiger partial charge in [-0.3, -0.25) is 13.8 Å². The van der Waals surface area contributed by atoms with Gasteiger partial charge in [-0.05, 0) is 44.7 Å². The Hall–Kier alpha value is -3.11. The van der Waals surface area contributed by atoms with Gasteiger partial charge in [0.15, 0.2) is 0 Å². The van der Waals surface area contributed by atoms with Gasteiger partial charge in [0, 0.05) is 0 Å². The van der Waals surface area contributed by atoms with Crippen LogP contribution in [0.1, 0.15) is 44.5 Å². The number of halogens is 1. The zero-order valence-corrected chi connectivity index (χ0v) is 16.2. The fraction of sp³-hybridized carbons (Fsp3) is 0.400. The zero-order chi connectivity index (χ0) is 21.0. The maximum Gasteiger partial charge on any atom is 0.278 e. The molecule has 3 aromatic heterocycles. The highest BCUT2D eigenvalue weighted by Crippen LogP contribution is 2.38. The van der Waals surface area contributed by atoms with Crippen molar-refractivity contribution < 1.29 is 19.1 Å². The van der Waals surface area contributed by atoms with Gasteiger partial charge in [-0.2, -0.15) is 4.98 Å². The van der Waals surface area contributed by atoms with Crippen molar-refractivity contribution in [3.8, 4) is 11.5 Å². The van der Waals surface area contributed by atoms with Gasteiger partial charge in [-0.1, -0.05) is 11.2 Å². The van der Waals surface area contributed by atoms with Crippen LogP contribution in [0.15, 0.2) is 33.8 Å². The minimum absolute atomic E-state index is 0.0730. The van der Waals surface area contributed by atoms with Crippen molar-refractivity contribution in [3.05, 3.63) is 46.6 Å². The van der Waals surface area contributed by atoms with Crippen molar-refractivity contribution in [1.29, 1.82) is 0 Å². The first-order valence-corrected chi connectivity index (χ1v) is 9.82. The lowest BCUT2D eigenvalue weighted by Crippen LogP contribution is -2.28. The fourth-order valence-corrected chi connectivity index (χ4v) is 4.24. The zero-order valence-electron chi connectivity index (χ0n) is 16.2. The summed E-state index contributed by atoms with van der Waals surface area (Å²) in [7, 11) is 0. The van der Waals surface area contributed by atoms with E-state index in [0.717, 1.165) is 12.8 Å². The molecule has 0 saturated heterocycles. The van der Waals surface area contributed by atoms with Gasteiger partial charge in [0.2, 0.25) is 5.82 Å². The summed E-state index contributed by atoms with van der Waals surface area (Å²) in [6.07, 6.45) is 4.20. The second-order valence-electron chi connectivity index (χ2n) is 7.79. The van der Waals surface area contributed by atoms with Crippen LogP contribution in [0.3, 0.4) is 0 Å². The lowest BCUT2D eigenvalue weighted by molar-refractivity contribution is 0.0112. The molecule has 1 fully saturated rings. The molecule has 0 bridgehead atoms. The summed E-state index contributed by atoms with van der Waals surface area (Å²) in [5, 5.41) is 24.3. The first-order valence-electron chi connectivity index (χ1n) is 9.82. The molecule has 1 aliphatic rings. The molecule has 2 N–H and O–H groups in total. The molecule has 0 amide bonds. The number of rotatable bonds is 4. The van der Waals surface area contributed by atoms with Crippen LogP contribution >= 0.6 is 0 Å². The maximum atomic E-state index is 14.7. The Morgan fingerprint density at radius 3 is 2.80 bits per heavy atom. The summed E-state index contributed by atoms with van der Waals surface area (Å²) >= 11 is 0. The summed E-state index contributed by atoms with van der Waals surface area (Å²) in [6.45, 7) is 1.28. The van der Waals surface area contributed by atoms with Crippen LogP contribution in [-0.4, -0.2) is 40.9 Å². The molecule has 4 aromatic rings. The number of imidazole rings is 1. The molecule has 5 rings (SSSR count). The van der Waals surface area contributed by atoms with E-state index in [1.54, 1.807) is 13.0 Å². The van der Waals surface area contributed by atoms with Gasteiger partial charge in [0.05, 0.1) is 18.2 Å². The summed E-state index contributed by atoms with van der Waals surface area (Å²) in [5.41, 5.74) is -0.896. The van der Waals surface area contributed by atoms with Gasteiger partial charge in [0.25, 0.3) is 11.4 Å². The molecule has 9 nitrogen and oxygen atoms in total. The van der Waals surface area contributed by atoms with Crippen molar-refractivity contribution in [2.24, 2.45) is 0 Å². The predicted molar refractivity (Wildman–Crippen MR) is 104 cm³/mol. The lowest BCUT2D eigenvalue weighted by Gasteiger charge is -2.17. The van der Waals surface area contributed by atoms with E-state index < -0.39 is 23.0 Å². The van der Waals surface area contributed by atoms with Gasteiger partial charge in [0.1, 0.15) is 34.5 Å². The van der Waals surface area contributed by atoms with Crippen LogP contribution in [0.25, 0.3) is 28.1 Å². The minimum Gasteiger partial charge on any atom is -0.394 e. The average Bonchev–Trinajstić information content (AvgIpc) is 3.47. The van der Waals surface area contributed by atoms with E-state index in [4.69, 9.17) is 4.52 Å². The smallest absolute Gasteiger partial charge is 0.278 e. The maximum absolute atomic E-state index is 14.7. The highest BCUT2D eigenvalue weighted by atomic mass is 19.1. The molecule has 1 saturated carbocycles. The monoisotopic (exact) mass is 413 g/mol. The SMILES string of the molecule is CC(CO)n1c(=O)c2c(-c3noc(C4(O)CCCC4)n3)ncn2c2cccc(F)c21. The Morgan fingerprint density at radius 1 is 1.30 bits per heavy atom. The molecule has 0 aliphatic heterocycles. The van der Waals surface area contributed by atoms with Crippen molar-refractivity contribution in [2.45, 2.75) is 44.2 Å². The van der Waals surface area contributed by atoms with Crippen LogP contribution in [0, 0.1) is 5.82 Å². The van der Waals surface area contributed by atoms with Gasteiger partial charge >= 0.3 is 0 Å². The summed E-state index contributed by atoms with van der Waals surface area (Å²) in [5.74, 6) is -0.400. The molecule has 1 unspecified atom stereocenters. The predicted octanol–water partition coefficient (Wildman–Crippen LogP) is 2.15. The van der Waals surface area contributed by atoms with Crippen LogP contribution in [0.4, 0.5) is 4.39 Å². The molecular weight excluding hydrogens is 393 g/mol. The third kappa shape index (κ3) is 2.60. The van der Waals surface area contributed by atoms with E-state index in [9.17, 15) is 19.4 Å². The molecule has 30 heavy (non-hydrogen) atoms. The Kier molecular flexibility index (Phi) is 4.23. The van der Waals surface area contributed by atoms with E-state index >= 15 is 0 Å². The topological polar surface area (TPSA) is 119 Å². The normalized spacial score (nSPS) is 17.2. The van der Waals surface area contributed by atoms with Gasteiger partial charge < -0.3 is 14.7 Å². The second kappa shape index (κ2) is 6.71. The number of para-hydroxylation sites is 1. The fourth-order valence-electron chi connectivity index (χ4n) is 4.24. The average molecular weight is 413 g/mol. The standard InChI is InChI=1S/C20H20FN5O4/c1-11(9-27)26-15-12(21)5-4-6-13(15)25-10-22-14(16(25)18(26)28)17-23-19(30-24-17)20(29)7-2-3-8-20/h4-6,10-11,27,29H,2-3,7-9H2,1H3. The van der Waals surface area contributed by atoms with Crippen molar-refractivity contribution >= 4 is 16.6 Å². The quantitative estimate of drug-likeness (QED) is 0.526. The molecule has 3 heterocycles. The molecule has 1 aliphatic carbocycles. The Labute approximate surface area is 169 Å². The van der Waals surface area contributed by atoms with E-state index in [0.29, 0.717) is 18.4 Å². The molecule has 0 radical (unpaired) electrons. The van der Waals surface area contributed by atoms with Crippen molar-refractivity contribution in [3.63, 3.8) is 0 Å². The lowest BCUT2D eigenvalue weighted by atomic mass is 10.0. The van der Waals surface area contributed by atoms with Crippen LogP contribution < -0.4 is 5.56 Å². The number of benzene rings is 1. The number of aromatic nitrogens is 5. The van der Waals surface area contributed by atoms with Gasteiger partial charge in [-0.15, -0.1) is 0 Å². The second-order valence-corrected chi connectivity index (χ2v) is 7.79. The Balaban J connectivity index is 1.78. The number of nitrogens with zero attached hydrogens (tertiary/aromatic N) is 5. The number of hydrogen-bond donors (Lipinski definition) is 2.